The van der Waals surface area contributed by atoms with Crippen molar-refractivity contribution >= 4 is 32.8 Å². The van der Waals surface area contributed by atoms with E-state index < -0.39 is 38.8 Å². The zero-order chi connectivity index (χ0) is 24.3. The smallest absolute Gasteiger partial charge is 0.466 e. The number of hydrogen-bond donors (Lipinski definition) is 0. The fourth-order valence-corrected chi connectivity index (χ4v) is 4.59. The van der Waals surface area contributed by atoms with Crippen LogP contribution in [0.3, 0.4) is 0 Å². The van der Waals surface area contributed by atoms with E-state index in [-0.39, 0.29) is 17.5 Å². The fraction of sp³-hybridized carbons (Fsp3) is 0.652. The standard InChI is InChI=1S/C23H36BNO6Si/c1-21(2,3)32(9,10)29-19(20(27)28-8)25-14-15-11-12-16(13-17(15)18(25)26)24-30-22(4,5)23(6,7)31-24/h11-13,19H,14H2,1-10H3. The van der Waals surface area contributed by atoms with Gasteiger partial charge in [-0.15, -0.1) is 0 Å². The molecule has 0 bridgehead atoms. The second-order valence-electron chi connectivity index (χ2n) is 11.2. The number of carbonyl (C=O) groups is 2. The van der Waals surface area contributed by atoms with Gasteiger partial charge in [-0.1, -0.05) is 32.9 Å². The Bertz CT molecular complexity index is 908. The molecule has 1 aromatic rings. The number of amides is 1. The van der Waals surface area contributed by atoms with Gasteiger partial charge in [-0.05, 0) is 62.9 Å². The molecule has 0 saturated carbocycles. The van der Waals surface area contributed by atoms with Crippen molar-refractivity contribution in [2.24, 2.45) is 0 Å². The summed E-state index contributed by atoms with van der Waals surface area (Å²) in [6.07, 6.45) is -1.08. The molecule has 0 radical (unpaired) electrons. The number of rotatable bonds is 5. The van der Waals surface area contributed by atoms with E-state index >= 15 is 0 Å². The monoisotopic (exact) mass is 461 g/mol. The third-order valence-corrected chi connectivity index (χ3v) is 11.8. The molecule has 2 heterocycles. The van der Waals surface area contributed by atoms with Crippen molar-refractivity contribution in [2.75, 3.05) is 7.11 Å². The molecule has 1 saturated heterocycles. The summed E-state index contributed by atoms with van der Waals surface area (Å²) in [5, 5.41) is -0.126. The van der Waals surface area contributed by atoms with Gasteiger partial charge in [0.15, 0.2) is 8.32 Å². The first-order chi connectivity index (χ1) is 14.5. The molecule has 1 fully saturated rings. The van der Waals surface area contributed by atoms with E-state index in [0.717, 1.165) is 11.0 Å². The summed E-state index contributed by atoms with van der Waals surface area (Å²) >= 11 is 0. The van der Waals surface area contributed by atoms with Crippen molar-refractivity contribution < 1.29 is 28.1 Å². The second-order valence-corrected chi connectivity index (χ2v) is 15.9. The lowest BCUT2D eigenvalue weighted by Gasteiger charge is -2.40. The largest absolute Gasteiger partial charge is 0.494 e. The summed E-state index contributed by atoms with van der Waals surface area (Å²) in [4.78, 5) is 27.5. The number of ether oxygens (including phenoxy) is 1. The molecular weight excluding hydrogens is 425 g/mol. The maximum atomic E-state index is 13.4. The van der Waals surface area contributed by atoms with Gasteiger partial charge in [0.2, 0.25) is 6.23 Å². The molecule has 1 aromatic carbocycles. The number of esters is 1. The van der Waals surface area contributed by atoms with Crippen LogP contribution in [-0.2, 0) is 29.8 Å². The summed E-state index contributed by atoms with van der Waals surface area (Å²) in [5.41, 5.74) is 1.20. The zero-order valence-electron chi connectivity index (χ0n) is 21.0. The first-order valence-electron chi connectivity index (χ1n) is 11.1. The molecule has 0 aliphatic carbocycles. The van der Waals surface area contributed by atoms with Crippen molar-refractivity contribution in [3.05, 3.63) is 29.3 Å². The van der Waals surface area contributed by atoms with Crippen molar-refractivity contribution in [2.45, 2.75) is 90.6 Å². The van der Waals surface area contributed by atoms with Gasteiger partial charge in [-0.3, -0.25) is 9.69 Å². The SMILES string of the molecule is COC(=O)C(O[Si](C)(C)C(C)(C)C)N1Cc2ccc(B3OC(C)(C)C(C)(C)O3)cc2C1=O. The third-order valence-electron chi connectivity index (χ3n) is 7.39. The molecule has 2 aliphatic rings. The fourth-order valence-electron chi connectivity index (χ4n) is 3.45. The number of nitrogens with zero attached hydrogens (tertiary/aromatic N) is 1. The molecule has 176 valence electrons. The van der Waals surface area contributed by atoms with E-state index in [1.807, 2.05) is 52.9 Å². The highest BCUT2D eigenvalue weighted by Gasteiger charge is 2.52. The molecule has 1 unspecified atom stereocenters. The molecule has 2 aliphatic heterocycles. The number of methoxy groups -OCH3 is 1. The zero-order valence-corrected chi connectivity index (χ0v) is 22.0. The lowest BCUT2D eigenvalue weighted by Crippen LogP contribution is -2.53. The van der Waals surface area contributed by atoms with Crippen molar-refractivity contribution in [1.82, 2.24) is 4.90 Å². The van der Waals surface area contributed by atoms with E-state index in [1.165, 1.54) is 12.0 Å². The Labute approximate surface area is 193 Å². The topological polar surface area (TPSA) is 74.3 Å². The van der Waals surface area contributed by atoms with Crippen molar-refractivity contribution in [3.63, 3.8) is 0 Å². The van der Waals surface area contributed by atoms with Gasteiger partial charge >= 0.3 is 13.1 Å². The Hall–Kier alpha value is -1.68. The van der Waals surface area contributed by atoms with Crippen LogP contribution in [0.2, 0.25) is 18.1 Å². The minimum atomic E-state index is -2.35. The summed E-state index contributed by atoms with van der Waals surface area (Å²) < 4.78 is 23.6. The molecule has 0 aromatic heterocycles. The Morgan fingerprint density at radius 1 is 1.16 bits per heavy atom. The van der Waals surface area contributed by atoms with Crippen LogP contribution in [-0.4, -0.2) is 56.8 Å². The predicted molar refractivity (Wildman–Crippen MR) is 126 cm³/mol. The molecule has 9 heteroatoms. The minimum Gasteiger partial charge on any atom is -0.466 e. The van der Waals surface area contributed by atoms with E-state index in [4.69, 9.17) is 18.5 Å². The molecular formula is C23H36BNO6Si. The van der Waals surface area contributed by atoms with Crippen LogP contribution >= 0.6 is 0 Å². The predicted octanol–water partition coefficient (Wildman–Crippen LogP) is 3.46. The van der Waals surface area contributed by atoms with Gasteiger partial charge in [0.25, 0.3) is 5.91 Å². The molecule has 3 rings (SSSR count). The van der Waals surface area contributed by atoms with Gasteiger partial charge in [-0.25, -0.2) is 4.79 Å². The minimum absolute atomic E-state index is 0.126. The maximum Gasteiger partial charge on any atom is 0.494 e. The van der Waals surface area contributed by atoms with E-state index in [0.29, 0.717) is 5.56 Å². The maximum absolute atomic E-state index is 13.4. The van der Waals surface area contributed by atoms with E-state index in [1.54, 1.807) is 6.07 Å². The van der Waals surface area contributed by atoms with Crippen molar-refractivity contribution in [1.29, 1.82) is 0 Å². The second kappa shape index (κ2) is 7.97. The average Bonchev–Trinajstić information content (AvgIpc) is 3.10. The summed E-state index contributed by atoms with van der Waals surface area (Å²) in [5.74, 6) is -0.824. The summed E-state index contributed by atoms with van der Waals surface area (Å²) in [7, 11) is -1.60. The highest BCUT2D eigenvalue weighted by atomic mass is 28.4. The van der Waals surface area contributed by atoms with Crippen LogP contribution < -0.4 is 5.46 Å². The van der Waals surface area contributed by atoms with Crippen LogP contribution in [0.5, 0.6) is 0 Å². The van der Waals surface area contributed by atoms with Gasteiger partial charge in [0.1, 0.15) is 0 Å². The molecule has 7 nitrogen and oxygen atoms in total. The number of hydrogen-bond acceptors (Lipinski definition) is 6. The normalized spacial score (nSPS) is 21.0. The first kappa shape index (κ1) is 25.0. The Morgan fingerprint density at radius 3 is 2.22 bits per heavy atom. The first-order valence-corrected chi connectivity index (χ1v) is 14.0. The van der Waals surface area contributed by atoms with Crippen LogP contribution in [0.25, 0.3) is 0 Å². The Kier molecular flexibility index (Phi) is 6.22. The average molecular weight is 461 g/mol. The van der Waals surface area contributed by atoms with Gasteiger partial charge in [0, 0.05) is 12.1 Å². The molecule has 1 atom stereocenters. The van der Waals surface area contributed by atoms with Crippen LogP contribution in [0.15, 0.2) is 18.2 Å². The quantitative estimate of drug-likeness (QED) is 0.494. The number of carbonyl (C=O) groups excluding carboxylic acids is 2. The van der Waals surface area contributed by atoms with Crippen LogP contribution in [0, 0.1) is 0 Å². The van der Waals surface area contributed by atoms with Crippen molar-refractivity contribution in [3.8, 4) is 0 Å². The Morgan fingerprint density at radius 2 is 1.72 bits per heavy atom. The third kappa shape index (κ3) is 4.28. The number of fused-ring (bicyclic) bond motifs is 1. The highest BCUT2D eigenvalue weighted by molar-refractivity contribution is 6.74. The molecule has 0 N–H and O–H groups in total. The lowest BCUT2D eigenvalue weighted by molar-refractivity contribution is -0.157. The molecule has 32 heavy (non-hydrogen) atoms. The summed E-state index contributed by atoms with van der Waals surface area (Å²) in [6, 6.07) is 5.62. The Balaban J connectivity index is 1.89. The van der Waals surface area contributed by atoms with Crippen LogP contribution in [0.4, 0.5) is 0 Å². The van der Waals surface area contributed by atoms with Crippen LogP contribution in [0.1, 0.15) is 64.4 Å². The van der Waals surface area contributed by atoms with Gasteiger partial charge in [-0.2, -0.15) is 0 Å². The number of benzene rings is 1. The molecule has 1 amide bonds. The van der Waals surface area contributed by atoms with E-state index in [2.05, 4.69) is 20.8 Å². The lowest BCUT2D eigenvalue weighted by atomic mass is 9.78. The molecule has 0 spiro atoms. The summed E-state index contributed by atoms with van der Waals surface area (Å²) in [6.45, 7) is 18.6. The van der Waals surface area contributed by atoms with Gasteiger partial charge < -0.3 is 18.5 Å². The van der Waals surface area contributed by atoms with Gasteiger partial charge in [0.05, 0.1) is 18.3 Å². The van der Waals surface area contributed by atoms with E-state index in [9.17, 15) is 9.59 Å². The highest BCUT2D eigenvalue weighted by Crippen LogP contribution is 2.39.